The minimum absolute atomic E-state index is 0.113. The van der Waals surface area contributed by atoms with Crippen LogP contribution in [-0.4, -0.2) is 50.8 Å². The van der Waals surface area contributed by atoms with E-state index in [1.165, 1.54) is 26.4 Å². The quantitative estimate of drug-likeness (QED) is 0.649. The molecule has 8 heteroatoms. The van der Waals surface area contributed by atoms with Gasteiger partial charge in [-0.05, 0) is 49.4 Å². The number of nitrogens with one attached hydrogen (secondary N) is 1. The highest BCUT2D eigenvalue weighted by Gasteiger charge is 2.32. The zero-order valence-electron chi connectivity index (χ0n) is 17.4. The molecule has 0 amide bonds. The normalized spacial score (nSPS) is 22.7. The van der Waals surface area contributed by atoms with E-state index in [2.05, 4.69) is 25.7 Å². The van der Waals surface area contributed by atoms with Gasteiger partial charge in [-0.15, -0.1) is 15.3 Å². The van der Waals surface area contributed by atoms with Crippen LogP contribution in [0.2, 0.25) is 0 Å². The van der Waals surface area contributed by atoms with Crippen molar-refractivity contribution in [2.45, 2.75) is 50.3 Å². The lowest BCUT2D eigenvalue weighted by atomic mass is 9.85. The molecule has 0 radical (unpaired) electrons. The summed E-state index contributed by atoms with van der Waals surface area (Å²) in [5.41, 5.74) is 2.80. The van der Waals surface area contributed by atoms with Crippen molar-refractivity contribution in [1.82, 2.24) is 25.7 Å². The highest BCUT2D eigenvalue weighted by molar-refractivity contribution is 5.74. The van der Waals surface area contributed by atoms with Crippen LogP contribution in [0.4, 0.5) is 0 Å². The van der Waals surface area contributed by atoms with Gasteiger partial charge >= 0.3 is 0 Å². The Kier molecular flexibility index (Phi) is 5.38. The predicted molar refractivity (Wildman–Crippen MR) is 115 cm³/mol. The molecule has 1 aromatic carbocycles. The summed E-state index contributed by atoms with van der Waals surface area (Å²) in [5, 5.41) is 30.6. The molecular weight excluding hydrogens is 394 g/mol. The van der Waals surface area contributed by atoms with Gasteiger partial charge in [0, 0.05) is 35.3 Å². The van der Waals surface area contributed by atoms with Crippen LogP contribution in [0.3, 0.4) is 0 Å². The Morgan fingerprint density at radius 2 is 1.77 bits per heavy atom. The van der Waals surface area contributed by atoms with Crippen LogP contribution in [0.1, 0.15) is 32.1 Å². The van der Waals surface area contributed by atoms with Gasteiger partial charge in [-0.1, -0.05) is 12.5 Å². The molecule has 2 atom stereocenters. The van der Waals surface area contributed by atoms with Gasteiger partial charge in [0.1, 0.15) is 11.9 Å². The largest absolute Gasteiger partial charge is 0.507 e. The summed E-state index contributed by atoms with van der Waals surface area (Å²) >= 11 is 0. The average Bonchev–Trinajstić information content (AvgIpc) is 2.79. The fraction of sp³-hybridized carbons (Fsp3) is 0.391. The van der Waals surface area contributed by atoms with Gasteiger partial charge in [0.05, 0.1) is 19.0 Å². The molecule has 5 rings (SSSR count). The van der Waals surface area contributed by atoms with E-state index < -0.39 is 0 Å². The second kappa shape index (κ2) is 8.47. The molecule has 160 valence electrons. The Hall–Kier alpha value is -3.26. The second-order valence-electron chi connectivity index (χ2n) is 8.18. The van der Waals surface area contributed by atoms with Crippen LogP contribution >= 0.6 is 0 Å². The molecule has 2 aliphatic heterocycles. The number of rotatable bonds is 5. The predicted octanol–water partition coefficient (Wildman–Crippen LogP) is 3.37. The number of aromatic nitrogens is 4. The summed E-state index contributed by atoms with van der Waals surface area (Å²) in [6.07, 6.45) is 7.56. The van der Waals surface area contributed by atoms with Crippen LogP contribution in [0, 0.1) is 0 Å². The standard InChI is InChI=1S/C23H25N5O3/c1-30-23-10-15(13-24-27-23)14-5-6-19(21(29)9-14)20-7-8-22(28-26-20)31-18-11-16-3-2-4-17(12-18)25-16/h5-10,13,16-18,25,29H,2-4,11-12H2,1H3. The summed E-state index contributed by atoms with van der Waals surface area (Å²) in [6, 6.07) is 11.9. The molecule has 2 bridgehead atoms. The number of aromatic hydroxyl groups is 1. The zero-order chi connectivity index (χ0) is 21.2. The smallest absolute Gasteiger partial charge is 0.233 e. The number of phenolic OH excluding ortho intramolecular Hbond substituents is 1. The van der Waals surface area contributed by atoms with E-state index in [1.54, 1.807) is 18.3 Å². The van der Waals surface area contributed by atoms with Gasteiger partial charge in [-0.2, -0.15) is 5.10 Å². The summed E-state index contributed by atoms with van der Waals surface area (Å²) in [6.45, 7) is 0. The van der Waals surface area contributed by atoms with Gasteiger partial charge in [0.15, 0.2) is 0 Å². The molecule has 31 heavy (non-hydrogen) atoms. The lowest BCUT2D eigenvalue weighted by molar-refractivity contribution is 0.0881. The van der Waals surface area contributed by atoms with E-state index in [1.807, 2.05) is 24.3 Å². The summed E-state index contributed by atoms with van der Waals surface area (Å²) < 4.78 is 11.2. The first-order valence-electron chi connectivity index (χ1n) is 10.6. The molecule has 8 nitrogen and oxygen atoms in total. The van der Waals surface area contributed by atoms with Crippen molar-refractivity contribution < 1.29 is 14.6 Å². The zero-order valence-corrected chi connectivity index (χ0v) is 17.4. The molecule has 3 aromatic rings. The van der Waals surface area contributed by atoms with Crippen LogP contribution in [0.5, 0.6) is 17.5 Å². The Bertz CT molecular complexity index is 1050. The number of phenols is 1. The third kappa shape index (κ3) is 4.29. The highest BCUT2D eigenvalue weighted by atomic mass is 16.5. The van der Waals surface area contributed by atoms with Gasteiger partial charge < -0.3 is 19.9 Å². The molecule has 2 unspecified atom stereocenters. The Morgan fingerprint density at radius 3 is 2.48 bits per heavy atom. The fourth-order valence-electron chi connectivity index (χ4n) is 4.54. The van der Waals surface area contributed by atoms with Crippen molar-refractivity contribution in [2.24, 2.45) is 0 Å². The molecule has 2 saturated heterocycles. The van der Waals surface area contributed by atoms with E-state index in [0.717, 1.165) is 24.0 Å². The number of benzene rings is 1. The molecule has 0 aliphatic carbocycles. The van der Waals surface area contributed by atoms with Crippen LogP contribution < -0.4 is 14.8 Å². The number of nitrogens with zero attached hydrogens (tertiary/aromatic N) is 4. The van der Waals surface area contributed by atoms with E-state index in [4.69, 9.17) is 9.47 Å². The fourth-order valence-corrected chi connectivity index (χ4v) is 4.54. The summed E-state index contributed by atoms with van der Waals surface area (Å²) in [5.74, 6) is 1.06. The molecule has 2 aromatic heterocycles. The minimum atomic E-state index is 0.113. The molecule has 4 heterocycles. The van der Waals surface area contributed by atoms with Crippen LogP contribution in [-0.2, 0) is 0 Å². The van der Waals surface area contributed by atoms with Gasteiger partial charge in [0.2, 0.25) is 11.8 Å². The number of piperidine rings is 2. The van der Waals surface area contributed by atoms with E-state index in [9.17, 15) is 5.11 Å². The Morgan fingerprint density at radius 1 is 0.935 bits per heavy atom. The van der Waals surface area contributed by atoms with Gasteiger partial charge in [0.25, 0.3) is 0 Å². The third-order valence-electron chi connectivity index (χ3n) is 6.05. The van der Waals surface area contributed by atoms with Crippen molar-refractivity contribution in [3.63, 3.8) is 0 Å². The number of ether oxygens (including phenoxy) is 2. The van der Waals surface area contributed by atoms with Crippen molar-refractivity contribution in [3.8, 4) is 39.9 Å². The molecular formula is C23H25N5O3. The lowest BCUT2D eigenvalue weighted by Crippen LogP contribution is -2.51. The highest BCUT2D eigenvalue weighted by Crippen LogP contribution is 2.33. The second-order valence-corrected chi connectivity index (χ2v) is 8.18. The lowest BCUT2D eigenvalue weighted by Gasteiger charge is -2.39. The number of hydrogen-bond acceptors (Lipinski definition) is 8. The molecule has 2 N–H and O–H groups in total. The minimum Gasteiger partial charge on any atom is -0.507 e. The SMILES string of the molecule is COc1cc(-c2ccc(-c3ccc(OC4CC5CCCC(C4)N5)nn3)c(O)c2)cnn1. The molecule has 0 saturated carbocycles. The topological polar surface area (TPSA) is 102 Å². The maximum Gasteiger partial charge on any atom is 0.233 e. The van der Waals surface area contributed by atoms with Crippen molar-refractivity contribution in [2.75, 3.05) is 7.11 Å². The maximum absolute atomic E-state index is 10.6. The van der Waals surface area contributed by atoms with E-state index >= 15 is 0 Å². The maximum atomic E-state index is 10.6. The van der Waals surface area contributed by atoms with E-state index in [-0.39, 0.29) is 11.9 Å². The summed E-state index contributed by atoms with van der Waals surface area (Å²) in [4.78, 5) is 0. The first-order valence-corrected chi connectivity index (χ1v) is 10.6. The van der Waals surface area contributed by atoms with Crippen molar-refractivity contribution >= 4 is 0 Å². The van der Waals surface area contributed by atoms with Gasteiger partial charge in [-0.3, -0.25) is 0 Å². The van der Waals surface area contributed by atoms with Crippen molar-refractivity contribution in [1.29, 1.82) is 0 Å². The first-order chi connectivity index (χ1) is 15.2. The molecule has 0 spiro atoms. The average molecular weight is 419 g/mol. The Balaban J connectivity index is 1.30. The van der Waals surface area contributed by atoms with E-state index in [0.29, 0.717) is 35.1 Å². The van der Waals surface area contributed by atoms with Gasteiger partial charge in [-0.25, -0.2) is 0 Å². The van der Waals surface area contributed by atoms with Crippen LogP contribution in [0.15, 0.2) is 42.6 Å². The third-order valence-corrected chi connectivity index (χ3v) is 6.05. The van der Waals surface area contributed by atoms with Crippen molar-refractivity contribution in [3.05, 3.63) is 42.6 Å². The first kappa shape index (κ1) is 19.7. The summed E-state index contributed by atoms with van der Waals surface area (Å²) in [7, 11) is 1.54. The molecule has 2 aliphatic rings. The molecule has 2 fully saturated rings. The number of hydrogen-bond donors (Lipinski definition) is 2. The van der Waals surface area contributed by atoms with Crippen LogP contribution in [0.25, 0.3) is 22.4 Å². The number of methoxy groups -OCH3 is 1. The Labute approximate surface area is 180 Å². The monoisotopic (exact) mass is 419 g/mol. The number of fused-ring (bicyclic) bond motifs is 2.